The van der Waals surface area contributed by atoms with E-state index in [0.717, 1.165) is 0 Å². The van der Waals surface area contributed by atoms with Gasteiger partial charge < -0.3 is 4.90 Å². The second-order valence-corrected chi connectivity index (χ2v) is 5.62. The molecule has 0 bridgehead atoms. The predicted molar refractivity (Wildman–Crippen MR) is 61.5 cm³/mol. The molecule has 1 aliphatic rings. The first kappa shape index (κ1) is 10.1. The van der Waals surface area contributed by atoms with Crippen LogP contribution in [0.5, 0.6) is 0 Å². The van der Waals surface area contributed by atoms with Crippen molar-refractivity contribution in [3.8, 4) is 0 Å². The summed E-state index contributed by atoms with van der Waals surface area (Å²) < 4.78 is 0. The second-order valence-electron chi connectivity index (χ2n) is 3.57. The van der Waals surface area contributed by atoms with E-state index < -0.39 is 0 Å². The lowest BCUT2D eigenvalue weighted by atomic mass is 10.3. The van der Waals surface area contributed by atoms with Gasteiger partial charge in [0.05, 0.1) is 5.75 Å². The van der Waals surface area contributed by atoms with Crippen LogP contribution >= 0.6 is 23.1 Å². The van der Waals surface area contributed by atoms with Gasteiger partial charge in [-0.3, -0.25) is 4.79 Å². The first-order chi connectivity index (χ1) is 6.70. The number of amides is 1. The average molecular weight is 227 g/mol. The molecule has 76 valence electrons. The molecule has 2 rings (SSSR count). The number of thioether (sulfide) groups is 1. The van der Waals surface area contributed by atoms with E-state index in [1.165, 1.54) is 4.88 Å². The normalized spacial score (nSPS) is 22.4. The van der Waals surface area contributed by atoms with Crippen LogP contribution in [-0.4, -0.2) is 22.6 Å². The van der Waals surface area contributed by atoms with Gasteiger partial charge in [-0.15, -0.1) is 23.1 Å². The van der Waals surface area contributed by atoms with E-state index >= 15 is 0 Å². The Kier molecular flexibility index (Phi) is 2.83. The number of rotatable bonds is 2. The topological polar surface area (TPSA) is 20.3 Å². The Morgan fingerprint density at radius 2 is 2.36 bits per heavy atom. The van der Waals surface area contributed by atoms with Gasteiger partial charge in [0.25, 0.3) is 0 Å². The van der Waals surface area contributed by atoms with E-state index in [2.05, 4.69) is 25.3 Å². The Morgan fingerprint density at radius 3 is 2.93 bits per heavy atom. The lowest BCUT2D eigenvalue weighted by Gasteiger charge is -2.26. The van der Waals surface area contributed by atoms with Gasteiger partial charge in [-0.25, -0.2) is 0 Å². The number of carbonyl (C=O) groups excluding carboxylic acids is 1. The lowest BCUT2D eigenvalue weighted by Crippen LogP contribution is -2.34. The summed E-state index contributed by atoms with van der Waals surface area (Å²) in [6.07, 6.45) is 0. The zero-order valence-electron chi connectivity index (χ0n) is 8.27. The fourth-order valence-corrected chi connectivity index (χ4v) is 3.93. The molecule has 1 fully saturated rings. The van der Waals surface area contributed by atoms with Gasteiger partial charge in [0.2, 0.25) is 5.91 Å². The van der Waals surface area contributed by atoms with Crippen LogP contribution in [0.2, 0.25) is 0 Å². The minimum absolute atomic E-state index is 0.252. The van der Waals surface area contributed by atoms with E-state index in [1.807, 2.05) is 11.0 Å². The van der Waals surface area contributed by atoms with E-state index in [-0.39, 0.29) is 11.3 Å². The van der Waals surface area contributed by atoms with Crippen molar-refractivity contribution in [2.24, 2.45) is 0 Å². The second kappa shape index (κ2) is 3.95. The summed E-state index contributed by atoms with van der Waals surface area (Å²) in [6.45, 7) is 4.15. The van der Waals surface area contributed by atoms with Gasteiger partial charge in [-0.1, -0.05) is 6.07 Å². The minimum Gasteiger partial charge on any atom is -0.323 e. The molecule has 0 unspecified atom stereocenters. The molecule has 0 radical (unpaired) electrons. The molecule has 2 nitrogen and oxygen atoms in total. The zero-order chi connectivity index (χ0) is 10.1. The SMILES string of the molecule is CC(C)N1C(=O)CS[C@H]1c1cccs1. The van der Waals surface area contributed by atoms with Gasteiger partial charge >= 0.3 is 0 Å². The highest BCUT2D eigenvalue weighted by Crippen LogP contribution is 2.41. The van der Waals surface area contributed by atoms with Crippen LogP contribution in [0.3, 0.4) is 0 Å². The molecule has 2 heterocycles. The summed E-state index contributed by atoms with van der Waals surface area (Å²) in [7, 11) is 0. The van der Waals surface area contributed by atoms with Gasteiger partial charge in [0.1, 0.15) is 5.37 Å². The third-order valence-electron chi connectivity index (χ3n) is 2.25. The number of thiophene rings is 1. The van der Waals surface area contributed by atoms with Crippen molar-refractivity contribution in [3.63, 3.8) is 0 Å². The fourth-order valence-electron chi connectivity index (χ4n) is 1.65. The summed E-state index contributed by atoms with van der Waals surface area (Å²) in [5.41, 5.74) is 0. The number of nitrogens with zero attached hydrogens (tertiary/aromatic N) is 1. The average Bonchev–Trinajstić information content (AvgIpc) is 2.70. The molecule has 1 aliphatic heterocycles. The molecule has 0 saturated carbocycles. The molecule has 14 heavy (non-hydrogen) atoms. The highest BCUT2D eigenvalue weighted by atomic mass is 32.2. The van der Waals surface area contributed by atoms with Crippen molar-refractivity contribution >= 4 is 29.0 Å². The van der Waals surface area contributed by atoms with Crippen molar-refractivity contribution < 1.29 is 4.79 Å². The van der Waals surface area contributed by atoms with Crippen molar-refractivity contribution in [1.29, 1.82) is 0 Å². The Hall–Kier alpha value is -0.480. The molecule has 1 atom stereocenters. The third-order valence-corrected chi connectivity index (χ3v) is 4.53. The van der Waals surface area contributed by atoms with Gasteiger partial charge in [0.15, 0.2) is 0 Å². The van der Waals surface area contributed by atoms with Crippen molar-refractivity contribution in [2.45, 2.75) is 25.3 Å². The monoisotopic (exact) mass is 227 g/mol. The largest absolute Gasteiger partial charge is 0.323 e. The molecule has 1 saturated heterocycles. The minimum atomic E-state index is 0.252. The molecule has 1 aromatic heterocycles. The maximum Gasteiger partial charge on any atom is 0.234 e. The summed E-state index contributed by atoms with van der Waals surface area (Å²) in [5.74, 6) is 0.893. The smallest absolute Gasteiger partial charge is 0.234 e. The van der Waals surface area contributed by atoms with Crippen LogP contribution < -0.4 is 0 Å². The third kappa shape index (κ3) is 1.68. The van der Waals surface area contributed by atoms with Crippen LogP contribution in [0.25, 0.3) is 0 Å². The van der Waals surface area contributed by atoms with Gasteiger partial charge in [-0.05, 0) is 25.3 Å². The van der Waals surface area contributed by atoms with E-state index in [0.29, 0.717) is 11.8 Å². The zero-order valence-corrected chi connectivity index (χ0v) is 9.90. The van der Waals surface area contributed by atoms with Crippen LogP contribution in [0.15, 0.2) is 17.5 Å². The lowest BCUT2D eigenvalue weighted by molar-refractivity contribution is -0.129. The molecule has 0 aromatic carbocycles. The summed E-state index contributed by atoms with van der Waals surface area (Å²) in [4.78, 5) is 14.9. The highest BCUT2D eigenvalue weighted by Gasteiger charge is 2.34. The number of carbonyl (C=O) groups is 1. The molecule has 4 heteroatoms. The van der Waals surface area contributed by atoms with Gasteiger partial charge in [-0.2, -0.15) is 0 Å². The van der Waals surface area contributed by atoms with Crippen molar-refractivity contribution in [2.75, 3.05) is 5.75 Å². The van der Waals surface area contributed by atoms with Crippen LogP contribution in [0.1, 0.15) is 24.1 Å². The van der Waals surface area contributed by atoms with Crippen LogP contribution in [0.4, 0.5) is 0 Å². The summed E-state index contributed by atoms with van der Waals surface area (Å²) >= 11 is 3.46. The first-order valence-corrected chi connectivity index (χ1v) is 6.59. The Labute approximate surface area is 92.3 Å². The maximum absolute atomic E-state index is 11.6. The summed E-state index contributed by atoms with van der Waals surface area (Å²) in [5, 5.41) is 2.32. The Morgan fingerprint density at radius 1 is 1.57 bits per heavy atom. The standard InChI is InChI=1S/C10H13NOS2/c1-7(2)11-9(12)6-14-10(11)8-4-3-5-13-8/h3-5,7,10H,6H2,1-2H3/t10-/m0/s1. The van der Waals surface area contributed by atoms with E-state index in [4.69, 9.17) is 0 Å². The highest BCUT2D eigenvalue weighted by molar-refractivity contribution is 8.00. The molecule has 1 amide bonds. The Bertz CT molecular complexity index is 321. The van der Waals surface area contributed by atoms with Crippen LogP contribution in [-0.2, 0) is 4.79 Å². The molecule has 0 spiro atoms. The Balaban J connectivity index is 2.24. The molecule has 0 aliphatic carbocycles. The van der Waals surface area contributed by atoms with Crippen molar-refractivity contribution in [3.05, 3.63) is 22.4 Å². The van der Waals surface area contributed by atoms with Crippen molar-refractivity contribution in [1.82, 2.24) is 4.90 Å². The number of hydrogen-bond acceptors (Lipinski definition) is 3. The fraction of sp³-hybridized carbons (Fsp3) is 0.500. The molecular weight excluding hydrogens is 214 g/mol. The van der Waals surface area contributed by atoms with E-state index in [1.54, 1.807) is 23.1 Å². The summed E-state index contributed by atoms with van der Waals surface area (Å²) in [6, 6.07) is 4.45. The molecular formula is C10H13NOS2. The number of hydrogen-bond donors (Lipinski definition) is 0. The first-order valence-electron chi connectivity index (χ1n) is 4.66. The maximum atomic E-state index is 11.6. The van der Waals surface area contributed by atoms with Gasteiger partial charge in [0, 0.05) is 10.9 Å². The van der Waals surface area contributed by atoms with Crippen LogP contribution in [0, 0.1) is 0 Å². The van der Waals surface area contributed by atoms with E-state index in [9.17, 15) is 4.79 Å². The quantitative estimate of drug-likeness (QED) is 0.774. The molecule has 0 N–H and O–H groups in total. The predicted octanol–water partition coefficient (Wildman–Crippen LogP) is 2.73. The molecule has 1 aromatic rings.